The van der Waals surface area contributed by atoms with Crippen LogP contribution in [-0.4, -0.2) is 68.8 Å². The van der Waals surface area contributed by atoms with E-state index in [-0.39, 0.29) is 18.2 Å². The molecule has 0 spiro atoms. The van der Waals surface area contributed by atoms with Gasteiger partial charge in [-0.2, -0.15) is 4.31 Å². The van der Waals surface area contributed by atoms with Gasteiger partial charge in [0.1, 0.15) is 0 Å². The second kappa shape index (κ2) is 10.5. The molecule has 0 aliphatic carbocycles. The third-order valence-electron chi connectivity index (χ3n) is 4.54. The Morgan fingerprint density at radius 1 is 1.07 bits per heavy atom. The van der Waals surface area contributed by atoms with Gasteiger partial charge in [-0.25, -0.2) is 13.2 Å². The van der Waals surface area contributed by atoms with Gasteiger partial charge in [-0.05, 0) is 17.9 Å². The first-order valence-electron chi connectivity index (χ1n) is 9.58. The molecular formula is C19H30N4O4S. The van der Waals surface area contributed by atoms with Crippen LogP contribution in [0.3, 0.4) is 0 Å². The minimum atomic E-state index is -3.38. The summed E-state index contributed by atoms with van der Waals surface area (Å²) in [6.45, 7) is 6.30. The predicted molar refractivity (Wildman–Crippen MR) is 108 cm³/mol. The van der Waals surface area contributed by atoms with E-state index in [1.54, 1.807) is 12.1 Å². The normalized spacial score (nSPS) is 16.1. The molecule has 3 amide bonds. The number of nitrogens with zero attached hydrogens (tertiary/aromatic N) is 2. The van der Waals surface area contributed by atoms with Crippen LogP contribution in [0.15, 0.2) is 30.3 Å². The lowest BCUT2D eigenvalue weighted by Gasteiger charge is -2.33. The number of urea groups is 1. The van der Waals surface area contributed by atoms with Crippen LogP contribution >= 0.6 is 0 Å². The number of carbonyl (C=O) groups is 2. The molecule has 156 valence electrons. The molecule has 1 saturated heterocycles. The highest BCUT2D eigenvalue weighted by atomic mass is 32.2. The maximum absolute atomic E-state index is 12.6. The Balaban J connectivity index is 1.72. The summed E-state index contributed by atoms with van der Waals surface area (Å²) in [5.74, 6) is 0.0679. The monoisotopic (exact) mass is 410 g/mol. The van der Waals surface area contributed by atoms with Crippen LogP contribution in [0, 0.1) is 5.92 Å². The van der Waals surface area contributed by atoms with Crippen molar-refractivity contribution >= 4 is 22.0 Å². The number of rotatable bonds is 8. The van der Waals surface area contributed by atoms with Crippen LogP contribution in [0.4, 0.5) is 4.79 Å². The summed E-state index contributed by atoms with van der Waals surface area (Å²) in [6.07, 6.45) is 0.848. The average molecular weight is 411 g/mol. The van der Waals surface area contributed by atoms with Gasteiger partial charge < -0.3 is 5.32 Å². The predicted octanol–water partition coefficient (Wildman–Crippen LogP) is 1.01. The zero-order valence-electron chi connectivity index (χ0n) is 16.6. The third-order valence-corrected chi connectivity index (χ3v) is 6.39. The first-order valence-corrected chi connectivity index (χ1v) is 11.2. The van der Waals surface area contributed by atoms with Crippen molar-refractivity contribution in [3.05, 3.63) is 35.9 Å². The Morgan fingerprint density at radius 2 is 1.71 bits per heavy atom. The molecule has 1 aromatic rings. The third kappa shape index (κ3) is 7.57. The van der Waals surface area contributed by atoms with Crippen molar-refractivity contribution in [3.63, 3.8) is 0 Å². The van der Waals surface area contributed by atoms with Crippen LogP contribution < -0.4 is 10.6 Å². The minimum absolute atomic E-state index is 0.0229. The lowest BCUT2D eigenvalue weighted by molar-refractivity contribution is -0.121. The van der Waals surface area contributed by atoms with E-state index < -0.39 is 16.1 Å². The summed E-state index contributed by atoms with van der Waals surface area (Å²) in [5.41, 5.74) is 0.757. The zero-order chi connectivity index (χ0) is 20.6. The quantitative estimate of drug-likeness (QED) is 0.666. The lowest BCUT2D eigenvalue weighted by Crippen LogP contribution is -2.52. The Bertz CT molecular complexity index is 744. The van der Waals surface area contributed by atoms with E-state index in [4.69, 9.17) is 0 Å². The van der Waals surface area contributed by atoms with Crippen molar-refractivity contribution in [3.8, 4) is 0 Å². The molecule has 9 heteroatoms. The molecule has 0 saturated carbocycles. The Morgan fingerprint density at radius 3 is 2.32 bits per heavy atom. The van der Waals surface area contributed by atoms with Crippen molar-refractivity contribution in [1.82, 2.24) is 19.8 Å². The second-order valence-corrected chi connectivity index (χ2v) is 9.37. The van der Waals surface area contributed by atoms with Crippen LogP contribution in [0.25, 0.3) is 0 Å². The molecule has 2 rings (SSSR count). The van der Waals surface area contributed by atoms with E-state index in [1.165, 1.54) is 4.31 Å². The topological polar surface area (TPSA) is 98.8 Å². The number of hydrogen-bond acceptors (Lipinski definition) is 5. The van der Waals surface area contributed by atoms with Crippen molar-refractivity contribution in [2.75, 3.05) is 39.3 Å². The zero-order valence-corrected chi connectivity index (χ0v) is 17.4. The molecule has 1 aliphatic heterocycles. The number of imide groups is 1. The van der Waals surface area contributed by atoms with Crippen molar-refractivity contribution in [2.45, 2.75) is 26.0 Å². The van der Waals surface area contributed by atoms with E-state index in [0.717, 1.165) is 12.0 Å². The number of amides is 3. The highest BCUT2D eigenvalue weighted by molar-refractivity contribution is 7.88. The van der Waals surface area contributed by atoms with E-state index >= 15 is 0 Å². The molecule has 28 heavy (non-hydrogen) atoms. The number of piperazine rings is 1. The van der Waals surface area contributed by atoms with Gasteiger partial charge in [-0.3, -0.25) is 15.0 Å². The highest BCUT2D eigenvalue weighted by Gasteiger charge is 2.27. The van der Waals surface area contributed by atoms with Crippen molar-refractivity contribution in [1.29, 1.82) is 0 Å². The van der Waals surface area contributed by atoms with E-state index in [2.05, 4.69) is 24.5 Å². The van der Waals surface area contributed by atoms with Crippen LogP contribution in [0.1, 0.15) is 25.8 Å². The summed E-state index contributed by atoms with van der Waals surface area (Å²) in [7, 11) is -3.38. The van der Waals surface area contributed by atoms with Gasteiger partial charge in [0, 0.05) is 32.7 Å². The number of sulfonamides is 1. The molecule has 1 aliphatic rings. The largest absolute Gasteiger partial charge is 0.338 e. The van der Waals surface area contributed by atoms with Gasteiger partial charge in [0.15, 0.2) is 0 Å². The van der Waals surface area contributed by atoms with E-state index in [0.29, 0.717) is 38.6 Å². The van der Waals surface area contributed by atoms with Gasteiger partial charge in [0.2, 0.25) is 15.9 Å². The molecule has 1 heterocycles. The molecule has 0 radical (unpaired) electrons. The Kier molecular flexibility index (Phi) is 8.40. The SMILES string of the molecule is CC(C)CCNC(=O)NC(=O)CN1CCN(S(=O)(=O)Cc2ccccc2)CC1. The lowest BCUT2D eigenvalue weighted by atomic mass is 10.1. The van der Waals surface area contributed by atoms with Gasteiger partial charge in [0.05, 0.1) is 12.3 Å². The highest BCUT2D eigenvalue weighted by Crippen LogP contribution is 2.13. The first-order chi connectivity index (χ1) is 13.3. The molecule has 1 fully saturated rings. The maximum atomic E-state index is 12.6. The van der Waals surface area contributed by atoms with E-state index in [9.17, 15) is 18.0 Å². The standard InChI is InChI=1S/C19H30N4O4S/c1-16(2)8-9-20-19(25)21-18(24)14-22-10-12-23(13-11-22)28(26,27)15-17-6-4-3-5-7-17/h3-7,16H,8-15H2,1-2H3,(H2,20,21,24,25). The molecule has 8 nitrogen and oxygen atoms in total. The maximum Gasteiger partial charge on any atom is 0.321 e. The minimum Gasteiger partial charge on any atom is -0.338 e. The van der Waals surface area contributed by atoms with Gasteiger partial charge >= 0.3 is 6.03 Å². The number of nitrogens with one attached hydrogen (secondary N) is 2. The second-order valence-electron chi connectivity index (χ2n) is 7.40. The number of carbonyl (C=O) groups excluding carboxylic acids is 2. The number of hydrogen-bond donors (Lipinski definition) is 2. The summed E-state index contributed by atoms with van der Waals surface area (Å²) in [6, 6.07) is 8.59. The van der Waals surface area contributed by atoms with Gasteiger partial charge in [-0.1, -0.05) is 44.2 Å². The molecule has 0 aromatic heterocycles. The van der Waals surface area contributed by atoms with Crippen molar-refractivity contribution < 1.29 is 18.0 Å². The summed E-state index contributed by atoms with van der Waals surface area (Å²) < 4.78 is 26.6. The van der Waals surface area contributed by atoms with Gasteiger partial charge in [-0.15, -0.1) is 0 Å². The fraction of sp³-hybridized carbons (Fsp3) is 0.579. The average Bonchev–Trinajstić information content (AvgIpc) is 2.62. The van der Waals surface area contributed by atoms with Gasteiger partial charge in [0.25, 0.3) is 0 Å². The summed E-state index contributed by atoms with van der Waals surface area (Å²) in [5, 5.41) is 4.97. The first kappa shape index (κ1) is 22.3. The van der Waals surface area contributed by atoms with Crippen molar-refractivity contribution in [2.24, 2.45) is 5.92 Å². The smallest absolute Gasteiger partial charge is 0.321 e. The summed E-state index contributed by atoms with van der Waals surface area (Å²) >= 11 is 0. The van der Waals surface area contributed by atoms with Crippen LogP contribution in [0.5, 0.6) is 0 Å². The molecule has 2 N–H and O–H groups in total. The fourth-order valence-corrected chi connectivity index (χ4v) is 4.45. The molecular weight excluding hydrogens is 380 g/mol. The molecule has 0 unspecified atom stereocenters. The van der Waals surface area contributed by atoms with Crippen LogP contribution in [-0.2, 0) is 20.6 Å². The molecule has 0 bridgehead atoms. The fourth-order valence-electron chi connectivity index (χ4n) is 2.93. The molecule has 0 atom stereocenters. The Hall–Kier alpha value is -1.97. The van der Waals surface area contributed by atoms with Crippen LogP contribution in [0.2, 0.25) is 0 Å². The Labute approximate surface area is 167 Å². The molecule has 1 aromatic carbocycles. The van der Waals surface area contributed by atoms with E-state index in [1.807, 2.05) is 23.1 Å². The number of benzene rings is 1. The summed E-state index contributed by atoms with van der Waals surface area (Å²) in [4.78, 5) is 25.5.